The first-order chi connectivity index (χ1) is 11.3. The number of aromatic nitrogens is 4. The van der Waals surface area contributed by atoms with Crippen LogP contribution in [0, 0.1) is 6.92 Å². The van der Waals surface area contributed by atoms with Crippen LogP contribution >= 0.6 is 0 Å². The van der Waals surface area contributed by atoms with E-state index in [-0.39, 0.29) is 0 Å². The van der Waals surface area contributed by atoms with Gasteiger partial charge in [-0.15, -0.1) is 10.2 Å². The molecule has 0 spiro atoms. The average molecular weight is 310 g/mol. The molecule has 0 aliphatic heterocycles. The predicted molar refractivity (Wildman–Crippen MR) is 85.5 cm³/mol. The van der Waals surface area contributed by atoms with Gasteiger partial charge in [-0.3, -0.25) is 0 Å². The maximum Gasteiger partial charge on any atom is 0.219 e. The van der Waals surface area contributed by atoms with Gasteiger partial charge < -0.3 is 14.0 Å². The van der Waals surface area contributed by atoms with E-state index in [1.165, 1.54) is 0 Å². The summed E-state index contributed by atoms with van der Waals surface area (Å²) >= 11 is 0. The van der Waals surface area contributed by atoms with E-state index in [4.69, 9.17) is 9.47 Å². The standard InChI is InChI=1S/C17H18N4O2/c1-3-21-13(2)19-20-16(21)12-22-14-7-9-15(10-8-14)23-17-6-4-5-11-18-17/h4-11H,3,12H2,1-2H3. The van der Waals surface area contributed by atoms with Crippen LogP contribution in [0.5, 0.6) is 17.4 Å². The molecule has 0 aliphatic rings. The lowest BCUT2D eigenvalue weighted by atomic mass is 10.3. The fourth-order valence-corrected chi connectivity index (χ4v) is 2.22. The zero-order valence-electron chi connectivity index (χ0n) is 13.1. The van der Waals surface area contributed by atoms with Gasteiger partial charge in [0.25, 0.3) is 0 Å². The average Bonchev–Trinajstić information content (AvgIpc) is 2.95. The van der Waals surface area contributed by atoms with Crippen molar-refractivity contribution in [1.29, 1.82) is 0 Å². The van der Waals surface area contributed by atoms with Crippen molar-refractivity contribution in [1.82, 2.24) is 19.7 Å². The Bertz CT molecular complexity index is 754. The van der Waals surface area contributed by atoms with E-state index in [0.29, 0.717) is 18.2 Å². The number of ether oxygens (including phenoxy) is 2. The SMILES string of the molecule is CCn1c(C)nnc1COc1ccc(Oc2ccccn2)cc1. The molecule has 0 fully saturated rings. The molecule has 0 bridgehead atoms. The van der Waals surface area contributed by atoms with E-state index in [1.807, 2.05) is 54.0 Å². The highest BCUT2D eigenvalue weighted by Crippen LogP contribution is 2.22. The third-order valence-electron chi connectivity index (χ3n) is 3.38. The highest BCUT2D eigenvalue weighted by atomic mass is 16.5. The van der Waals surface area contributed by atoms with Crippen LogP contribution in [0.3, 0.4) is 0 Å². The molecular formula is C17H18N4O2. The van der Waals surface area contributed by atoms with Gasteiger partial charge in [-0.25, -0.2) is 4.98 Å². The lowest BCUT2D eigenvalue weighted by molar-refractivity contribution is 0.288. The quantitative estimate of drug-likeness (QED) is 0.698. The molecule has 2 aromatic heterocycles. The third kappa shape index (κ3) is 3.66. The Balaban J connectivity index is 1.61. The summed E-state index contributed by atoms with van der Waals surface area (Å²) in [4.78, 5) is 4.12. The second kappa shape index (κ2) is 6.91. The maximum atomic E-state index is 5.76. The number of hydrogen-bond acceptors (Lipinski definition) is 5. The second-order valence-electron chi connectivity index (χ2n) is 4.94. The molecular weight excluding hydrogens is 292 g/mol. The predicted octanol–water partition coefficient (Wildman–Crippen LogP) is 3.37. The van der Waals surface area contributed by atoms with Crippen LogP contribution in [0.2, 0.25) is 0 Å². The van der Waals surface area contributed by atoms with Crippen LogP contribution in [-0.4, -0.2) is 19.7 Å². The number of hydrogen-bond donors (Lipinski definition) is 0. The van der Waals surface area contributed by atoms with Crippen molar-refractivity contribution < 1.29 is 9.47 Å². The molecule has 0 saturated heterocycles. The molecule has 23 heavy (non-hydrogen) atoms. The summed E-state index contributed by atoms with van der Waals surface area (Å²) < 4.78 is 13.4. The molecule has 3 rings (SSSR count). The van der Waals surface area contributed by atoms with Gasteiger partial charge in [0, 0.05) is 18.8 Å². The van der Waals surface area contributed by atoms with E-state index in [9.17, 15) is 0 Å². The monoisotopic (exact) mass is 310 g/mol. The largest absolute Gasteiger partial charge is 0.486 e. The molecule has 1 aromatic carbocycles. The normalized spacial score (nSPS) is 10.5. The zero-order chi connectivity index (χ0) is 16.1. The van der Waals surface area contributed by atoms with Gasteiger partial charge in [0.05, 0.1) is 0 Å². The highest BCUT2D eigenvalue weighted by molar-refractivity contribution is 5.33. The Hall–Kier alpha value is -2.89. The minimum Gasteiger partial charge on any atom is -0.486 e. The molecule has 6 nitrogen and oxygen atoms in total. The molecule has 0 amide bonds. The van der Waals surface area contributed by atoms with Crippen molar-refractivity contribution in [2.75, 3.05) is 0 Å². The lowest BCUT2D eigenvalue weighted by Gasteiger charge is -2.09. The van der Waals surface area contributed by atoms with Gasteiger partial charge in [-0.05, 0) is 44.2 Å². The summed E-state index contributed by atoms with van der Waals surface area (Å²) in [6, 6.07) is 13.0. The first-order valence-electron chi connectivity index (χ1n) is 7.46. The molecule has 2 heterocycles. The summed E-state index contributed by atoms with van der Waals surface area (Å²) in [5, 5.41) is 8.20. The minimum atomic E-state index is 0.384. The van der Waals surface area contributed by atoms with E-state index in [0.717, 1.165) is 23.9 Å². The number of nitrogens with zero attached hydrogens (tertiary/aromatic N) is 4. The second-order valence-corrected chi connectivity index (χ2v) is 4.94. The van der Waals surface area contributed by atoms with Gasteiger partial charge >= 0.3 is 0 Å². The number of aryl methyl sites for hydroxylation is 1. The minimum absolute atomic E-state index is 0.384. The summed E-state index contributed by atoms with van der Waals surface area (Å²) in [5.41, 5.74) is 0. The number of rotatable bonds is 6. The molecule has 0 aliphatic carbocycles. The highest BCUT2D eigenvalue weighted by Gasteiger charge is 2.07. The molecule has 0 atom stereocenters. The number of pyridine rings is 1. The van der Waals surface area contributed by atoms with Crippen molar-refractivity contribution in [3.05, 3.63) is 60.3 Å². The first-order valence-corrected chi connectivity index (χ1v) is 7.46. The smallest absolute Gasteiger partial charge is 0.219 e. The van der Waals surface area contributed by atoms with Crippen molar-refractivity contribution >= 4 is 0 Å². The maximum absolute atomic E-state index is 5.76. The van der Waals surface area contributed by atoms with Crippen LogP contribution in [-0.2, 0) is 13.2 Å². The molecule has 118 valence electrons. The lowest BCUT2D eigenvalue weighted by Crippen LogP contribution is -2.07. The first kappa shape index (κ1) is 15.0. The topological polar surface area (TPSA) is 62.1 Å². The van der Waals surface area contributed by atoms with Crippen LogP contribution in [0.15, 0.2) is 48.7 Å². The van der Waals surface area contributed by atoms with Gasteiger partial charge in [0.1, 0.15) is 23.9 Å². The van der Waals surface area contributed by atoms with E-state index >= 15 is 0 Å². The van der Waals surface area contributed by atoms with Crippen LogP contribution < -0.4 is 9.47 Å². The Kier molecular flexibility index (Phi) is 4.52. The summed E-state index contributed by atoms with van der Waals surface area (Å²) in [6.45, 7) is 5.21. The fourth-order valence-electron chi connectivity index (χ4n) is 2.22. The number of benzene rings is 1. The summed E-state index contributed by atoms with van der Waals surface area (Å²) in [5.74, 6) is 3.74. The van der Waals surface area contributed by atoms with E-state index < -0.39 is 0 Å². The Labute approximate surface area is 134 Å². The van der Waals surface area contributed by atoms with E-state index in [1.54, 1.807) is 6.20 Å². The van der Waals surface area contributed by atoms with E-state index in [2.05, 4.69) is 22.1 Å². The van der Waals surface area contributed by atoms with Crippen LogP contribution in [0.4, 0.5) is 0 Å². The third-order valence-corrected chi connectivity index (χ3v) is 3.38. The van der Waals surface area contributed by atoms with Crippen molar-refractivity contribution in [3.8, 4) is 17.4 Å². The molecule has 6 heteroatoms. The molecule has 0 saturated carbocycles. The Morgan fingerprint density at radius 1 is 1.00 bits per heavy atom. The van der Waals surface area contributed by atoms with Crippen molar-refractivity contribution in [3.63, 3.8) is 0 Å². The van der Waals surface area contributed by atoms with Gasteiger partial charge in [0.15, 0.2) is 5.82 Å². The molecule has 3 aromatic rings. The van der Waals surface area contributed by atoms with Crippen LogP contribution in [0.25, 0.3) is 0 Å². The van der Waals surface area contributed by atoms with Gasteiger partial charge in [-0.1, -0.05) is 6.07 Å². The Morgan fingerprint density at radius 2 is 1.78 bits per heavy atom. The molecule has 0 N–H and O–H groups in total. The molecule has 0 unspecified atom stereocenters. The van der Waals surface area contributed by atoms with Gasteiger partial charge in [-0.2, -0.15) is 0 Å². The van der Waals surface area contributed by atoms with Gasteiger partial charge in [0.2, 0.25) is 5.88 Å². The van der Waals surface area contributed by atoms with Crippen LogP contribution in [0.1, 0.15) is 18.6 Å². The Morgan fingerprint density at radius 3 is 2.48 bits per heavy atom. The molecule has 0 radical (unpaired) electrons. The van der Waals surface area contributed by atoms with Crippen molar-refractivity contribution in [2.45, 2.75) is 27.0 Å². The fraction of sp³-hybridized carbons (Fsp3) is 0.235. The zero-order valence-corrected chi connectivity index (χ0v) is 13.1. The summed E-state index contributed by atoms with van der Waals surface area (Å²) in [7, 11) is 0. The van der Waals surface area contributed by atoms with Crippen molar-refractivity contribution in [2.24, 2.45) is 0 Å². The summed E-state index contributed by atoms with van der Waals surface area (Å²) in [6.07, 6.45) is 1.69.